The van der Waals surface area contributed by atoms with Gasteiger partial charge >= 0.3 is 0 Å². The van der Waals surface area contributed by atoms with Gasteiger partial charge in [0.2, 0.25) is 5.91 Å². The lowest BCUT2D eigenvalue weighted by Gasteiger charge is -2.29. The number of carbonyl (C=O) groups excluding carboxylic acids is 1. The molecular weight excluding hydrogens is 318 g/mol. The molecule has 0 aromatic heterocycles. The van der Waals surface area contributed by atoms with Gasteiger partial charge in [-0.3, -0.25) is 4.79 Å². The van der Waals surface area contributed by atoms with Crippen molar-refractivity contribution in [1.29, 1.82) is 0 Å². The van der Waals surface area contributed by atoms with Gasteiger partial charge in [-0.25, -0.2) is 0 Å². The average molecular weight is 341 g/mol. The van der Waals surface area contributed by atoms with Gasteiger partial charge in [0.05, 0.1) is 5.41 Å². The molecule has 26 heavy (non-hydrogen) atoms. The maximum Gasteiger partial charge on any atom is 0.235 e. The average Bonchev–Trinajstić information content (AvgIpc) is 3.21. The Morgan fingerprint density at radius 1 is 0.731 bits per heavy atom. The van der Waals surface area contributed by atoms with Crippen LogP contribution in [-0.2, 0) is 10.2 Å². The summed E-state index contributed by atoms with van der Waals surface area (Å²) in [5.74, 6) is 0.115. The van der Waals surface area contributed by atoms with Gasteiger partial charge in [-0.2, -0.15) is 0 Å². The summed E-state index contributed by atoms with van der Waals surface area (Å²) in [7, 11) is 0. The Morgan fingerprint density at radius 3 is 2.00 bits per heavy atom. The third-order valence-corrected chi connectivity index (χ3v) is 5.48. The first-order valence-electron chi connectivity index (χ1n) is 9.31. The van der Waals surface area contributed by atoms with Gasteiger partial charge in [-0.1, -0.05) is 91.7 Å². The van der Waals surface area contributed by atoms with Gasteiger partial charge in [-0.15, -0.1) is 0 Å². The van der Waals surface area contributed by atoms with Crippen LogP contribution in [0.25, 0.3) is 11.1 Å². The molecule has 1 saturated carbocycles. The van der Waals surface area contributed by atoms with Crippen LogP contribution >= 0.6 is 0 Å². The normalized spacial score (nSPS) is 15.5. The summed E-state index contributed by atoms with van der Waals surface area (Å²) < 4.78 is 0. The highest BCUT2D eigenvalue weighted by molar-refractivity contribution is 6.02. The molecule has 0 unspecified atom stereocenters. The Balaban J connectivity index is 1.68. The number of hydrogen-bond acceptors (Lipinski definition) is 1. The van der Waals surface area contributed by atoms with Crippen molar-refractivity contribution in [1.82, 2.24) is 0 Å². The molecule has 0 saturated heterocycles. The quantitative estimate of drug-likeness (QED) is 0.638. The van der Waals surface area contributed by atoms with E-state index in [1.165, 1.54) is 0 Å². The number of amides is 1. The highest BCUT2D eigenvalue weighted by Crippen LogP contribution is 2.42. The maximum atomic E-state index is 13.4. The predicted molar refractivity (Wildman–Crippen MR) is 107 cm³/mol. The molecule has 0 bridgehead atoms. The number of nitrogens with one attached hydrogen (secondary N) is 1. The first kappa shape index (κ1) is 16.6. The fraction of sp³-hybridized carbons (Fsp3) is 0.208. The third kappa shape index (κ3) is 3.03. The van der Waals surface area contributed by atoms with Crippen molar-refractivity contribution < 1.29 is 4.79 Å². The van der Waals surface area contributed by atoms with Crippen LogP contribution < -0.4 is 5.32 Å². The molecule has 4 rings (SSSR count). The number of anilines is 1. The minimum Gasteiger partial charge on any atom is -0.325 e. The molecule has 130 valence electrons. The van der Waals surface area contributed by atoms with E-state index in [1.807, 2.05) is 54.6 Å². The molecule has 3 aromatic carbocycles. The van der Waals surface area contributed by atoms with Crippen molar-refractivity contribution in [2.45, 2.75) is 31.1 Å². The van der Waals surface area contributed by atoms with Gasteiger partial charge in [0.15, 0.2) is 0 Å². The Hall–Kier alpha value is -2.87. The van der Waals surface area contributed by atoms with Crippen molar-refractivity contribution in [2.75, 3.05) is 5.32 Å². The molecule has 3 aromatic rings. The van der Waals surface area contributed by atoms with Crippen molar-refractivity contribution in [3.63, 3.8) is 0 Å². The van der Waals surface area contributed by atoms with E-state index in [1.54, 1.807) is 0 Å². The second-order valence-electron chi connectivity index (χ2n) is 7.02. The van der Waals surface area contributed by atoms with E-state index >= 15 is 0 Å². The van der Waals surface area contributed by atoms with Crippen molar-refractivity contribution >= 4 is 11.6 Å². The summed E-state index contributed by atoms with van der Waals surface area (Å²) >= 11 is 0. The fourth-order valence-corrected chi connectivity index (χ4v) is 4.09. The minimum atomic E-state index is -0.412. The summed E-state index contributed by atoms with van der Waals surface area (Å²) in [5.41, 5.74) is 3.77. The zero-order valence-electron chi connectivity index (χ0n) is 14.8. The zero-order chi connectivity index (χ0) is 17.8. The first-order chi connectivity index (χ1) is 12.8. The smallest absolute Gasteiger partial charge is 0.235 e. The molecule has 1 aliphatic rings. The van der Waals surface area contributed by atoms with Crippen LogP contribution in [0.5, 0.6) is 0 Å². The molecular formula is C24H23NO. The Bertz CT molecular complexity index is 880. The molecule has 2 heteroatoms. The Morgan fingerprint density at radius 2 is 1.31 bits per heavy atom. The van der Waals surface area contributed by atoms with E-state index in [-0.39, 0.29) is 5.91 Å². The van der Waals surface area contributed by atoms with Crippen LogP contribution in [0.4, 0.5) is 5.69 Å². The van der Waals surface area contributed by atoms with Crippen LogP contribution in [0.15, 0.2) is 84.9 Å². The van der Waals surface area contributed by atoms with E-state index in [2.05, 4.69) is 35.6 Å². The van der Waals surface area contributed by atoms with Gasteiger partial charge in [0.25, 0.3) is 0 Å². The molecule has 1 fully saturated rings. The number of carbonyl (C=O) groups is 1. The molecule has 0 radical (unpaired) electrons. The standard InChI is InChI=1S/C24H23NO/c26-23(24(17-9-10-18-24)20-13-5-2-6-14-20)25-22-16-8-7-15-21(22)19-11-3-1-4-12-19/h1-8,11-16H,9-10,17-18H2,(H,25,26). The van der Waals surface area contributed by atoms with E-state index in [0.717, 1.165) is 48.1 Å². The fourth-order valence-electron chi connectivity index (χ4n) is 4.09. The van der Waals surface area contributed by atoms with Crippen LogP contribution in [0, 0.1) is 0 Å². The number of benzene rings is 3. The molecule has 1 amide bonds. The van der Waals surface area contributed by atoms with Gasteiger partial charge < -0.3 is 5.32 Å². The zero-order valence-corrected chi connectivity index (χ0v) is 14.8. The second-order valence-corrected chi connectivity index (χ2v) is 7.02. The summed E-state index contributed by atoms with van der Waals surface area (Å²) in [6.07, 6.45) is 4.03. The van der Waals surface area contributed by atoms with Crippen molar-refractivity contribution in [3.8, 4) is 11.1 Å². The highest BCUT2D eigenvalue weighted by atomic mass is 16.2. The molecule has 0 heterocycles. The van der Waals surface area contributed by atoms with E-state index in [9.17, 15) is 4.79 Å². The predicted octanol–water partition coefficient (Wildman–Crippen LogP) is 5.80. The van der Waals surface area contributed by atoms with Crippen molar-refractivity contribution in [3.05, 3.63) is 90.5 Å². The Kier molecular flexibility index (Phi) is 4.57. The Labute approximate surface area is 154 Å². The summed E-state index contributed by atoms with van der Waals surface area (Å²) in [5, 5.41) is 3.25. The summed E-state index contributed by atoms with van der Waals surface area (Å²) in [6.45, 7) is 0. The first-order valence-corrected chi connectivity index (χ1v) is 9.31. The summed E-state index contributed by atoms with van der Waals surface area (Å²) in [6, 6.07) is 28.5. The maximum absolute atomic E-state index is 13.4. The van der Waals surface area contributed by atoms with Crippen LogP contribution in [-0.4, -0.2) is 5.91 Å². The van der Waals surface area contributed by atoms with Gasteiger partial charge in [-0.05, 0) is 30.0 Å². The van der Waals surface area contributed by atoms with Gasteiger partial charge in [0, 0.05) is 11.3 Å². The second kappa shape index (κ2) is 7.17. The van der Waals surface area contributed by atoms with Crippen LogP contribution in [0.3, 0.4) is 0 Å². The summed E-state index contributed by atoms with van der Waals surface area (Å²) in [4.78, 5) is 13.4. The molecule has 0 aliphatic heterocycles. The number of rotatable bonds is 4. The molecule has 1 N–H and O–H groups in total. The van der Waals surface area contributed by atoms with Crippen LogP contribution in [0.2, 0.25) is 0 Å². The van der Waals surface area contributed by atoms with Crippen molar-refractivity contribution in [2.24, 2.45) is 0 Å². The van der Waals surface area contributed by atoms with Gasteiger partial charge in [0.1, 0.15) is 0 Å². The molecule has 0 atom stereocenters. The van der Waals surface area contributed by atoms with E-state index in [0.29, 0.717) is 0 Å². The highest BCUT2D eigenvalue weighted by Gasteiger charge is 2.42. The third-order valence-electron chi connectivity index (χ3n) is 5.48. The SMILES string of the molecule is O=C(Nc1ccccc1-c1ccccc1)C1(c2ccccc2)CCCC1. The number of hydrogen-bond donors (Lipinski definition) is 1. The van der Waals surface area contributed by atoms with Crippen LogP contribution in [0.1, 0.15) is 31.2 Å². The minimum absolute atomic E-state index is 0.115. The molecule has 2 nitrogen and oxygen atoms in total. The lowest BCUT2D eigenvalue weighted by atomic mass is 9.78. The van der Waals surface area contributed by atoms with E-state index < -0.39 is 5.41 Å². The topological polar surface area (TPSA) is 29.1 Å². The lowest BCUT2D eigenvalue weighted by Crippen LogP contribution is -2.38. The monoisotopic (exact) mass is 341 g/mol. The molecule has 1 aliphatic carbocycles. The van der Waals surface area contributed by atoms with E-state index in [4.69, 9.17) is 0 Å². The largest absolute Gasteiger partial charge is 0.325 e. The molecule has 0 spiro atoms. The lowest BCUT2D eigenvalue weighted by molar-refractivity contribution is -0.121. The number of para-hydroxylation sites is 1.